The van der Waals surface area contributed by atoms with Gasteiger partial charge in [-0.2, -0.15) is 0 Å². The zero-order valence-electron chi connectivity index (χ0n) is 14.6. The van der Waals surface area contributed by atoms with Crippen molar-refractivity contribution in [2.75, 3.05) is 94.1 Å². The normalized spacial score (nSPS) is 12.0. The lowest BCUT2D eigenvalue weighted by atomic mass is 10.2. The standard InChI is InChI=1S/C15H34N2O5/c1-19-9-5-16(6-10-20-2)13-15(18)14-17(7-11-21-3)8-12-22-4/h15,18H,5-14H2,1-4H3. The van der Waals surface area contributed by atoms with Crippen molar-refractivity contribution in [3.05, 3.63) is 0 Å². The maximum absolute atomic E-state index is 10.3. The number of hydrogen-bond acceptors (Lipinski definition) is 7. The number of ether oxygens (including phenoxy) is 4. The van der Waals surface area contributed by atoms with Gasteiger partial charge in [0.15, 0.2) is 0 Å². The second kappa shape index (κ2) is 15.6. The lowest BCUT2D eigenvalue weighted by Crippen LogP contribution is -2.44. The van der Waals surface area contributed by atoms with Crippen LogP contribution in [0.4, 0.5) is 0 Å². The Kier molecular flexibility index (Phi) is 15.4. The molecule has 1 N–H and O–H groups in total. The van der Waals surface area contributed by atoms with Gasteiger partial charge in [0.2, 0.25) is 0 Å². The van der Waals surface area contributed by atoms with E-state index in [4.69, 9.17) is 18.9 Å². The van der Waals surface area contributed by atoms with E-state index in [9.17, 15) is 5.11 Å². The van der Waals surface area contributed by atoms with Crippen LogP contribution in [0.3, 0.4) is 0 Å². The molecular formula is C15H34N2O5. The molecule has 0 amide bonds. The Hall–Kier alpha value is -0.280. The number of nitrogens with zero attached hydrogens (tertiary/aromatic N) is 2. The minimum atomic E-state index is -0.428. The molecule has 0 rings (SSSR count). The molecule has 0 saturated heterocycles. The van der Waals surface area contributed by atoms with Gasteiger partial charge in [0.25, 0.3) is 0 Å². The fourth-order valence-corrected chi connectivity index (χ4v) is 2.12. The highest BCUT2D eigenvalue weighted by Crippen LogP contribution is 1.98. The summed E-state index contributed by atoms with van der Waals surface area (Å²) in [7, 11) is 6.73. The third-order valence-electron chi connectivity index (χ3n) is 3.38. The summed E-state index contributed by atoms with van der Waals surface area (Å²) >= 11 is 0. The van der Waals surface area contributed by atoms with E-state index in [2.05, 4.69) is 9.80 Å². The van der Waals surface area contributed by atoms with E-state index < -0.39 is 6.10 Å². The zero-order chi connectivity index (χ0) is 16.6. The average Bonchev–Trinajstić information content (AvgIpc) is 2.52. The number of hydrogen-bond donors (Lipinski definition) is 1. The van der Waals surface area contributed by atoms with E-state index in [-0.39, 0.29) is 0 Å². The Morgan fingerprint density at radius 1 is 0.636 bits per heavy atom. The molecule has 0 fully saturated rings. The minimum Gasteiger partial charge on any atom is -0.390 e. The summed E-state index contributed by atoms with van der Waals surface area (Å²) in [5.41, 5.74) is 0. The van der Waals surface area contributed by atoms with Crippen molar-refractivity contribution in [3.63, 3.8) is 0 Å². The maximum Gasteiger partial charge on any atom is 0.0793 e. The Morgan fingerprint density at radius 3 is 1.14 bits per heavy atom. The van der Waals surface area contributed by atoms with Gasteiger partial charge in [-0.25, -0.2) is 0 Å². The van der Waals surface area contributed by atoms with Gasteiger partial charge in [0.05, 0.1) is 32.5 Å². The van der Waals surface area contributed by atoms with Crippen LogP contribution in [0.5, 0.6) is 0 Å². The van der Waals surface area contributed by atoms with Gasteiger partial charge in [-0.3, -0.25) is 9.80 Å². The van der Waals surface area contributed by atoms with Crippen LogP contribution in [0.25, 0.3) is 0 Å². The molecule has 0 unspecified atom stereocenters. The van der Waals surface area contributed by atoms with E-state index in [1.807, 2.05) is 0 Å². The van der Waals surface area contributed by atoms with E-state index in [0.717, 1.165) is 26.2 Å². The van der Waals surface area contributed by atoms with Crippen LogP contribution in [-0.2, 0) is 18.9 Å². The monoisotopic (exact) mass is 322 g/mol. The van der Waals surface area contributed by atoms with E-state index >= 15 is 0 Å². The van der Waals surface area contributed by atoms with Crippen LogP contribution in [0.2, 0.25) is 0 Å². The third-order valence-corrected chi connectivity index (χ3v) is 3.38. The summed E-state index contributed by atoms with van der Waals surface area (Å²) in [6.07, 6.45) is -0.428. The van der Waals surface area contributed by atoms with Crippen LogP contribution < -0.4 is 0 Å². The highest BCUT2D eigenvalue weighted by Gasteiger charge is 2.15. The fraction of sp³-hybridized carbons (Fsp3) is 1.00. The first-order valence-corrected chi connectivity index (χ1v) is 7.76. The van der Waals surface area contributed by atoms with Gasteiger partial charge in [0.1, 0.15) is 0 Å². The van der Waals surface area contributed by atoms with Gasteiger partial charge in [-0.1, -0.05) is 0 Å². The minimum absolute atomic E-state index is 0.428. The molecule has 0 aliphatic heterocycles. The van der Waals surface area contributed by atoms with Crippen molar-refractivity contribution in [1.29, 1.82) is 0 Å². The van der Waals surface area contributed by atoms with E-state index in [1.165, 1.54) is 0 Å². The molecule has 22 heavy (non-hydrogen) atoms. The molecule has 0 heterocycles. The lowest BCUT2D eigenvalue weighted by Gasteiger charge is -2.28. The van der Waals surface area contributed by atoms with Crippen molar-refractivity contribution in [2.45, 2.75) is 6.10 Å². The SMILES string of the molecule is COCCN(CCOC)CC(O)CN(CCOC)CCOC. The molecule has 0 radical (unpaired) electrons. The van der Waals surface area contributed by atoms with Crippen LogP contribution in [0.1, 0.15) is 0 Å². The third kappa shape index (κ3) is 12.3. The smallest absolute Gasteiger partial charge is 0.0793 e. The van der Waals surface area contributed by atoms with Crippen molar-refractivity contribution < 1.29 is 24.1 Å². The molecule has 0 aromatic rings. The summed E-state index contributed by atoms with van der Waals surface area (Å²) in [6, 6.07) is 0. The Balaban J connectivity index is 4.24. The Labute approximate surface area is 135 Å². The highest BCUT2D eigenvalue weighted by atomic mass is 16.5. The van der Waals surface area contributed by atoms with Crippen molar-refractivity contribution >= 4 is 0 Å². The summed E-state index contributed by atoms with van der Waals surface area (Å²) in [5, 5.41) is 10.3. The van der Waals surface area contributed by atoms with Crippen molar-refractivity contribution in [2.24, 2.45) is 0 Å². The highest BCUT2D eigenvalue weighted by molar-refractivity contribution is 4.70. The van der Waals surface area contributed by atoms with Gasteiger partial charge >= 0.3 is 0 Å². The molecule has 0 bridgehead atoms. The van der Waals surface area contributed by atoms with Gasteiger partial charge in [0, 0.05) is 67.7 Å². The molecule has 0 aliphatic rings. The maximum atomic E-state index is 10.3. The zero-order valence-corrected chi connectivity index (χ0v) is 14.6. The Morgan fingerprint density at radius 2 is 0.909 bits per heavy atom. The first-order chi connectivity index (χ1) is 10.7. The predicted octanol–water partition coefficient (Wildman–Crippen LogP) is -0.463. The van der Waals surface area contributed by atoms with E-state index in [0.29, 0.717) is 39.5 Å². The predicted molar refractivity (Wildman–Crippen MR) is 86.4 cm³/mol. The summed E-state index contributed by atoms with van der Waals surface area (Å²) in [5.74, 6) is 0. The molecule has 0 spiro atoms. The lowest BCUT2D eigenvalue weighted by molar-refractivity contribution is 0.0368. The molecule has 0 saturated carbocycles. The first kappa shape index (κ1) is 21.7. The number of methoxy groups -OCH3 is 4. The fourth-order valence-electron chi connectivity index (χ4n) is 2.12. The van der Waals surface area contributed by atoms with E-state index in [1.54, 1.807) is 28.4 Å². The van der Waals surface area contributed by atoms with Gasteiger partial charge < -0.3 is 24.1 Å². The molecule has 134 valence electrons. The second-order valence-electron chi connectivity index (χ2n) is 5.23. The molecular weight excluding hydrogens is 288 g/mol. The summed E-state index contributed by atoms with van der Waals surface area (Å²) in [4.78, 5) is 4.31. The molecule has 7 nitrogen and oxygen atoms in total. The average molecular weight is 322 g/mol. The van der Waals surface area contributed by atoms with Crippen LogP contribution in [0, 0.1) is 0 Å². The summed E-state index contributed by atoms with van der Waals surface area (Å²) < 4.78 is 20.5. The first-order valence-electron chi connectivity index (χ1n) is 7.76. The van der Waals surface area contributed by atoms with Crippen molar-refractivity contribution in [1.82, 2.24) is 9.80 Å². The number of aliphatic hydroxyl groups is 1. The van der Waals surface area contributed by atoms with Crippen molar-refractivity contribution in [3.8, 4) is 0 Å². The quantitative estimate of drug-likeness (QED) is 0.412. The van der Waals surface area contributed by atoms with Crippen LogP contribution in [-0.4, -0.2) is 115 Å². The second-order valence-corrected chi connectivity index (χ2v) is 5.23. The Bertz CT molecular complexity index is 196. The van der Waals surface area contributed by atoms with Crippen LogP contribution >= 0.6 is 0 Å². The molecule has 0 aliphatic carbocycles. The van der Waals surface area contributed by atoms with Gasteiger partial charge in [-0.15, -0.1) is 0 Å². The topological polar surface area (TPSA) is 63.6 Å². The van der Waals surface area contributed by atoms with Crippen LogP contribution in [0.15, 0.2) is 0 Å². The van der Waals surface area contributed by atoms with Gasteiger partial charge in [-0.05, 0) is 0 Å². The largest absolute Gasteiger partial charge is 0.390 e. The number of aliphatic hydroxyl groups excluding tert-OH is 1. The molecule has 7 heteroatoms. The summed E-state index contributed by atoms with van der Waals surface area (Å²) in [6.45, 7) is 6.93. The number of rotatable bonds is 16. The molecule has 0 atom stereocenters. The molecule has 0 aromatic carbocycles. The molecule has 0 aromatic heterocycles.